The molecule has 2 N–H and O–H groups in total. The molecule has 0 spiro atoms. The number of furan rings is 1. The summed E-state index contributed by atoms with van der Waals surface area (Å²) < 4.78 is 9.08. The number of rotatable bonds is 6. The van der Waals surface area contributed by atoms with Gasteiger partial charge in [-0.15, -0.1) is 10.2 Å². The molecule has 0 aliphatic heterocycles. The molecule has 10 nitrogen and oxygen atoms in total. The highest BCUT2D eigenvalue weighted by molar-refractivity contribution is 7.99. The molecule has 0 bridgehead atoms. The minimum Gasteiger partial charge on any atom is -0.461 e. The number of thioether (sulfide) groups is 1. The second-order valence-corrected chi connectivity index (χ2v) is 6.65. The van der Waals surface area contributed by atoms with Gasteiger partial charge in [-0.1, -0.05) is 11.8 Å². The van der Waals surface area contributed by atoms with E-state index in [0.717, 1.165) is 20.9 Å². The van der Waals surface area contributed by atoms with Crippen molar-refractivity contribution in [3.8, 4) is 11.6 Å². The van der Waals surface area contributed by atoms with Gasteiger partial charge in [0.1, 0.15) is 11.4 Å². The Bertz CT molecular complexity index is 1110. The molecule has 27 heavy (non-hydrogen) atoms. The summed E-state index contributed by atoms with van der Waals surface area (Å²) >= 11 is 1.13. The van der Waals surface area contributed by atoms with Crippen molar-refractivity contribution >= 4 is 23.4 Å². The minimum atomic E-state index is -0.713. The molecule has 0 aromatic carbocycles. The Kier molecular flexibility index (Phi) is 5.04. The number of hydrogen-bond acceptors (Lipinski definition) is 8. The number of nitrogen functional groups attached to an aromatic ring is 1. The molecule has 0 saturated carbocycles. The highest BCUT2D eigenvalue weighted by Crippen LogP contribution is 2.24. The molecule has 0 aliphatic carbocycles. The fraction of sp³-hybridized carbons (Fsp3) is 0.312. The molecule has 0 radical (unpaired) electrons. The molecule has 3 rings (SSSR count). The predicted molar refractivity (Wildman–Crippen MR) is 99.8 cm³/mol. The molecule has 0 amide bonds. The lowest BCUT2D eigenvalue weighted by Gasteiger charge is -2.10. The number of carbonyl (C=O) groups is 1. The lowest BCUT2D eigenvalue weighted by atomic mass is 10.2. The van der Waals surface area contributed by atoms with Crippen LogP contribution in [0.2, 0.25) is 0 Å². The highest BCUT2D eigenvalue weighted by Gasteiger charge is 2.22. The minimum absolute atomic E-state index is 0.0755. The molecule has 142 valence electrons. The third kappa shape index (κ3) is 3.21. The van der Waals surface area contributed by atoms with Crippen molar-refractivity contribution in [1.82, 2.24) is 23.9 Å². The fourth-order valence-electron chi connectivity index (χ4n) is 2.59. The van der Waals surface area contributed by atoms with E-state index in [2.05, 4.69) is 10.2 Å². The fourth-order valence-corrected chi connectivity index (χ4v) is 3.47. The first-order chi connectivity index (χ1) is 12.9. The molecule has 0 atom stereocenters. The van der Waals surface area contributed by atoms with E-state index in [4.69, 9.17) is 10.2 Å². The van der Waals surface area contributed by atoms with Gasteiger partial charge in [-0.3, -0.25) is 23.3 Å². The maximum absolute atomic E-state index is 12.6. The second kappa shape index (κ2) is 7.27. The van der Waals surface area contributed by atoms with Crippen LogP contribution in [-0.2, 0) is 20.6 Å². The maximum Gasteiger partial charge on any atom is 0.332 e. The molecule has 0 aliphatic rings. The quantitative estimate of drug-likeness (QED) is 0.476. The van der Waals surface area contributed by atoms with Crippen molar-refractivity contribution in [2.75, 3.05) is 11.5 Å². The number of carbonyl (C=O) groups excluding carboxylic acids is 1. The summed E-state index contributed by atoms with van der Waals surface area (Å²) in [6.45, 7) is 2.49. The summed E-state index contributed by atoms with van der Waals surface area (Å²) in [5.41, 5.74) is 4.31. The van der Waals surface area contributed by atoms with Gasteiger partial charge in [0.2, 0.25) is 0 Å². The van der Waals surface area contributed by atoms with Crippen LogP contribution >= 0.6 is 11.8 Å². The highest BCUT2D eigenvalue weighted by atomic mass is 32.2. The normalized spacial score (nSPS) is 11.1. The Morgan fingerprint density at radius 1 is 1.26 bits per heavy atom. The number of Topliss-reactive ketones (excluding diaryl/α,β-unsaturated/α-hetero) is 1. The Morgan fingerprint density at radius 3 is 2.63 bits per heavy atom. The Balaban J connectivity index is 1.88. The van der Waals surface area contributed by atoms with E-state index in [0.29, 0.717) is 23.3 Å². The summed E-state index contributed by atoms with van der Waals surface area (Å²) in [7, 11) is 2.71. The van der Waals surface area contributed by atoms with Gasteiger partial charge >= 0.3 is 5.69 Å². The summed E-state index contributed by atoms with van der Waals surface area (Å²) in [4.78, 5) is 36.8. The van der Waals surface area contributed by atoms with Crippen molar-refractivity contribution in [3.05, 3.63) is 44.8 Å². The first kappa shape index (κ1) is 18.7. The van der Waals surface area contributed by atoms with Crippen LogP contribution < -0.4 is 17.0 Å². The van der Waals surface area contributed by atoms with Gasteiger partial charge in [0.05, 0.1) is 12.0 Å². The van der Waals surface area contributed by atoms with E-state index >= 15 is 0 Å². The lowest BCUT2D eigenvalue weighted by Crippen LogP contribution is -2.41. The standard InChI is InChI=1S/C16H18N6O4S/c1-4-22-13(10-6-5-7-26-10)18-19-15(22)27-8-9(23)11-12(17)20(2)16(25)21(3)14(11)24/h5-7H,4,8,17H2,1-3H3. The SMILES string of the molecule is CCn1c(SCC(=O)c2c(N)n(C)c(=O)n(C)c2=O)nnc1-c1ccco1. The maximum atomic E-state index is 12.6. The zero-order chi connectivity index (χ0) is 19.7. The molecule has 3 aromatic heterocycles. The van der Waals surface area contributed by atoms with E-state index in [1.165, 1.54) is 14.1 Å². The van der Waals surface area contributed by atoms with Crippen LogP contribution in [0.1, 0.15) is 17.3 Å². The van der Waals surface area contributed by atoms with Crippen molar-refractivity contribution in [3.63, 3.8) is 0 Å². The average molecular weight is 390 g/mol. The summed E-state index contributed by atoms with van der Waals surface area (Å²) in [6, 6.07) is 3.52. The average Bonchev–Trinajstić information content (AvgIpc) is 3.32. The van der Waals surface area contributed by atoms with E-state index in [1.807, 2.05) is 6.92 Å². The van der Waals surface area contributed by atoms with Crippen LogP contribution in [0.5, 0.6) is 0 Å². The molecular weight excluding hydrogens is 372 g/mol. The van der Waals surface area contributed by atoms with Crippen LogP contribution in [-0.4, -0.2) is 35.4 Å². The van der Waals surface area contributed by atoms with Crippen LogP contribution in [0.4, 0.5) is 5.82 Å². The van der Waals surface area contributed by atoms with E-state index < -0.39 is 17.0 Å². The van der Waals surface area contributed by atoms with Gasteiger partial charge in [-0.05, 0) is 19.1 Å². The first-order valence-corrected chi connectivity index (χ1v) is 9.03. The van der Waals surface area contributed by atoms with Gasteiger partial charge in [-0.25, -0.2) is 4.79 Å². The van der Waals surface area contributed by atoms with Gasteiger partial charge in [0, 0.05) is 20.6 Å². The number of hydrogen-bond donors (Lipinski definition) is 1. The summed E-state index contributed by atoms with van der Waals surface area (Å²) in [5, 5.41) is 8.71. The molecule has 0 saturated heterocycles. The Labute approximate surface area is 157 Å². The van der Waals surface area contributed by atoms with E-state index in [9.17, 15) is 14.4 Å². The van der Waals surface area contributed by atoms with E-state index in [-0.39, 0.29) is 17.1 Å². The number of aromatic nitrogens is 5. The zero-order valence-corrected chi connectivity index (χ0v) is 15.8. The number of ketones is 1. The first-order valence-electron chi connectivity index (χ1n) is 8.05. The second-order valence-electron chi connectivity index (χ2n) is 5.71. The zero-order valence-electron chi connectivity index (χ0n) is 15.0. The van der Waals surface area contributed by atoms with Crippen molar-refractivity contribution in [1.29, 1.82) is 0 Å². The molecule has 0 unspecified atom stereocenters. The smallest absolute Gasteiger partial charge is 0.332 e. The van der Waals surface area contributed by atoms with Crippen LogP contribution in [0.3, 0.4) is 0 Å². The van der Waals surface area contributed by atoms with Gasteiger partial charge in [-0.2, -0.15) is 0 Å². The molecule has 0 fully saturated rings. The van der Waals surface area contributed by atoms with Crippen LogP contribution in [0.25, 0.3) is 11.6 Å². The van der Waals surface area contributed by atoms with Crippen molar-refractivity contribution in [2.45, 2.75) is 18.6 Å². The lowest BCUT2D eigenvalue weighted by molar-refractivity contribution is 0.102. The third-order valence-corrected chi connectivity index (χ3v) is 5.06. The Morgan fingerprint density at radius 2 is 2.00 bits per heavy atom. The Hall–Kier alpha value is -3.08. The number of nitrogens with two attached hydrogens (primary N) is 1. The number of anilines is 1. The number of nitrogens with zero attached hydrogens (tertiary/aromatic N) is 5. The van der Waals surface area contributed by atoms with Crippen LogP contribution in [0.15, 0.2) is 37.6 Å². The van der Waals surface area contributed by atoms with Gasteiger partial charge in [0.25, 0.3) is 5.56 Å². The molecule has 11 heteroatoms. The van der Waals surface area contributed by atoms with Crippen LogP contribution in [0, 0.1) is 0 Å². The van der Waals surface area contributed by atoms with Crippen molar-refractivity contribution in [2.24, 2.45) is 14.1 Å². The van der Waals surface area contributed by atoms with Gasteiger partial charge < -0.3 is 10.2 Å². The summed E-state index contributed by atoms with van der Waals surface area (Å²) in [6.07, 6.45) is 1.54. The molecule has 3 heterocycles. The largest absolute Gasteiger partial charge is 0.461 e. The monoisotopic (exact) mass is 390 g/mol. The predicted octanol–water partition coefficient (Wildman–Crippen LogP) is 0.513. The van der Waals surface area contributed by atoms with E-state index in [1.54, 1.807) is 23.0 Å². The molecule has 3 aromatic rings. The van der Waals surface area contributed by atoms with Gasteiger partial charge in [0.15, 0.2) is 22.5 Å². The third-order valence-electron chi connectivity index (χ3n) is 4.10. The van der Waals surface area contributed by atoms with Crippen molar-refractivity contribution < 1.29 is 9.21 Å². The topological polar surface area (TPSA) is 131 Å². The molecular formula is C16H18N6O4S. The summed E-state index contributed by atoms with van der Waals surface area (Å²) in [5.74, 6) is 0.406.